The van der Waals surface area contributed by atoms with Gasteiger partial charge >= 0.3 is 0 Å². The lowest BCUT2D eigenvalue weighted by atomic mass is 10.1. The van der Waals surface area contributed by atoms with Crippen LogP contribution in [0.4, 0.5) is 0 Å². The zero-order chi connectivity index (χ0) is 10.9. The van der Waals surface area contributed by atoms with Crippen LogP contribution < -0.4 is 4.72 Å². The molecule has 0 aromatic heterocycles. The van der Waals surface area contributed by atoms with Crippen LogP contribution in [0.15, 0.2) is 0 Å². The second-order valence-electron chi connectivity index (χ2n) is 4.27. The molecule has 0 bridgehead atoms. The summed E-state index contributed by atoms with van der Waals surface area (Å²) in [5, 5.41) is 0. The highest BCUT2D eigenvalue weighted by atomic mass is 35.5. The molecule has 0 aliphatic carbocycles. The van der Waals surface area contributed by atoms with Crippen LogP contribution in [0.25, 0.3) is 0 Å². The first-order chi connectivity index (χ1) is 7.12. The summed E-state index contributed by atoms with van der Waals surface area (Å²) in [6, 6.07) is 0.538. The molecule has 88 valence electrons. The molecular weight excluding hydrogens is 236 g/mol. The lowest BCUT2D eigenvalue weighted by Gasteiger charge is -2.20. The van der Waals surface area contributed by atoms with E-state index in [0.717, 1.165) is 25.9 Å². The third-order valence-electron chi connectivity index (χ3n) is 3.28. The van der Waals surface area contributed by atoms with Gasteiger partial charge in [0.2, 0.25) is 10.0 Å². The number of fused-ring (bicyclic) bond motifs is 1. The highest BCUT2D eigenvalue weighted by Gasteiger charge is 2.38. The highest BCUT2D eigenvalue weighted by Crippen LogP contribution is 2.28. The van der Waals surface area contributed by atoms with Crippen molar-refractivity contribution >= 4 is 21.6 Å². The third kappa shape index (κ3) is 2.64. The van der Waals surface area contributed by atoms with Crippen LogP contribution >= 0.6 is 11.6 Å². The van der Waals surface area contributed by atoms with E-state index in [1.54, 1.807) is 0 Å². The van der Waals surface area contributed by atoms with Crippen molar-refractivity contribution in [3.63, 3.8) is 0 Å². The summed E-state index contributed by atoms with van der Waals surface area (Å²) >= 11 is 5.45. The molecule has 2 aliphatic heterocycles. The summed E-state index contributed by atoms with van der Waals surface area (Å²) in [4.78, 5) is 2.38. The highest BCUT2D eigenvalue weighted by molar-refractivity contribution is 7.89. The van der Waals surface area contributed by atoms with Crippen LogP contribution in [0.1, 0.15) is 19.3 Å². The van der Waals surface area contributed by atoms with Gasteiger partial charge < -0.3 is 0 Å². The summed E-state index contributed by atoms with van der Waals surface area (Å²) < 4.78 is 25.9. The first-order valence-electron chi connectivity index (χ1n) is 5.42. The average Bonchev–Trinajstić information content (AvgIpc) is 2.69. The molecule has 2 aliphatic rings. The molecule has 0 aromatic carbocycles. The Hall–Kier alpha value is 0.160. The SMILES string of the molecule is O=S(=O)(CCCl)NC1CCN2CCCC12. The van der Waals surface area contributed by atoms with Crippen molar-refractivity contribution < 1.29 is 8.42 Å². The van der Waals surface area contributed by atoms with E-state index in [2.05, 4.69) is 9.62 Å². The van der Waals surface area contributed by atoms with Crippen molar-refractivity contribution in [3.05, 3.63) is 0 Å². The van der Waals surface area contributed by atoms with Gasteiger partial charge in [0.15, 0.2) is 0 Å². The first-order valence-corrected chi connectivity index (χ1v) is 7.61. The molecule has 2 rings (SSSR count). The second-order valence-corrected chi connectivity index (χ2v) is 6.52. The van der Waals surface area contributed by atoms with Crippen molar-refractivity contribution in [2.45, 2.75) is 31.3 Å². The summed E-state index contributed by atoms with van der Waals surface area (Å²) in [5.41, 5.74) is 0. The van der Waals surface area contributed by atoms with Gasteiger partial charge in [-0.3, -0.25) is 4.90 Å². The average molecular weight is 253 g/mol. The zero-order valence-corrected chi connectivity index (χ0v) is 10.2. The Bertz CT molecular complexity index is 320. The van der Waals surface area contributed by atoms with Gasteiger partial charge in [-0.15, -0.1) is 11.6 Å². The number of halogens is 1. The zero-order valence-electron chi connectivity index (χ0n) is 8.65. The monoisotopic (exact) mass is 252 g/mol. The molecule has 2 saturated heterocycles. The Morgan fingerprint density at radius 3 is 2.87 bits per heavy atom. The molecule has 2 heterocycles. The van der Waals surface area contributed by atoms with Gasteiger partial charge in [0, 0.05) is 24.5 Å². The van der Waals surface area contributed by atoms with Gasteiger partial charge in [-0.1, -0.05) is 0 Å². The molecule has 2 atom stereocenters. The molecular formula is C9H17ClN2O2S. The second kappa shape index (κ2) is 4.57. The lowest BCUT2D eigenvalue weighted by molar-refractivity contribution is 0.309. The molecule has 6 heteroatoms. The summed E-state index contributed by atoms with van der Waals surface area (Å²) in [7, 11) is -3.16. The Labute approximate surface area is 96.0 Å². The van der Waals surface area contributed by atoms with E-state index in [-0.39, 0.29) is 17.7 Å². The van der Waals surface area contributed by atoms with E-state index >= 15 is 0 Å². The van der Waals surface area contributed by atoms with Crippen molar-refractivity contribution in [3.8, 4) is 0 Å². The quantitative estimate of drug-likeness (QED) is 0.736. The number of sulfonamides is 1. The van der Waals surface area contributed by atoms with Crippen molar-refractivity contribution in [1.82, 2.24) is 9.62 Å². The predicted molar refractivity (Wildman–Crippen MR) is 60.6 cm³/mol. The normalized spacial score (nSPS) is 32.1. The van der Waals surface area contributed by atoms with Crippen molar-refractivity contribution in [2.24, 2.45) is 0 Å². The van der Waals surface area contributed by atoms with Crippen molar-refractivity contribution in [2.75, 3.05) is 24.7 Å². The van der Waals surface area contributed by atoms with E-state index in [9.17, 15) is 8.42 Å². The molecule has 1 N–H and O–H groups in total. The molecule has 2 fully saturated rings. The van der Waals surface area contributed by atoms with Gasteiger partial charge in [0.25, 0.3) is 0 Å². The summed E-state index contributed by atoms with van der Waals surface area (Å²) in [6.45, 7) is 2.15. The van der Waals surface area contributed by atoms with E-state index in [4.69, 9.17) is 11.6 Å². The fourth-order valence-corrected chi connectivity index (χ4v) is 4.28. The number of hydrogen-bond acceptors (Lipinski definition) is 3. The van der Waals surface area contributed by atoms with Gasteiger partial charge in [-0.25, -0.2) is 13.1 Å². The summed E-state index contributed by atoms with van der Waals surface area (Å²) in [5.74, 6) is 0.189. The van der Waals surface area contributed by atoms with Crippen LogP contribution in [-0.2, 0) is 10.0 Å². The fourth-order valence-electron chi connectivity index (χ4n) is 2.61. The van der Waals surface area contributed by atoms with Crippen LogP contribution in [0.5, 0.6) is 0 Å². The number of nitrogens with zero attached hydrogens (tertiary/aromatic N) is 1. The van der Waals surface area contributed by atoms with Gasteiger partial charge in [0.05, 0.1) is 5.75 Å². The van der Waals surface area contributed by atoms with Crippen LogP contribution in [0.2, 0.25) is 0 Å². The molecule has 0 aromatic rings. The summed E-state index contributed by atoms with van der Waals surface area (Å²) in [6.07, 6.45) is 3.25. The molecule has 15 heavy (non-hydrogen) atoms. The molecule has 4 nitrogen and oxygen atoms in total. The standard InChI is InChI=1S/C9H17ClN2O2S/c10-4-7-15(13,14)11-8-3-6-12-5-1-2-9(8)12/h8-9,11H,1-7H2. The Kier molecular flexibility index (Phi) is 3.55. The largest absolute Gasteiger partial charge is 0.299 e. The maximum Gasteiger partial charge on any atom is 0.213 e. The van der Waals surface area contributed by atoms with Crippen LogP contribution in [0, 0.1) is 0 Å². The minimum atomic E-state index is -3.16. The van der Waals surface area contributed by atoms with E-state index in [0.29, 0.717) is 6.04 Å². The topological polar surface area (TPSA) is 49.4 Å². The fraction of sp³-hybridized carbons (Fsp3) is 1.00. The van der Waals surface area contributed by atoms with Gasteiger partial charge in [-0.05, 0) is 25.8 Å². The number of hydrogen-bond donors (Lipinski definition) is 1. The van der Waals surface area contributed by atoms with Crippen LogP contribution in [-0.4, -0.2) is 50.1 Å². The molecule has 2 unspecified atom stereocenters. The smallest absolute Gasteiger partial charge is 0.213 e. The Morgan fingerprint density at radius 1 is 1.33 bits per heavy atom. The molecule has 0 spiro atoms. The first kappa shape index (κ1) is 11.6. The van der Waals surface area contributed by atoms with E-state index in [1.165, 1.54) is 6.42 Å². The molecule has 0 saturated carbocycles. The third-order valence-corrected chi connectivity index (χ3v) is 5.10. The van der Waals surface area contributed by atoms with Gasteiger partial charge in [0.1, 0.15) is 0 Å². The Balaban J connectivity index is 1.95. The number of alkyl halides is 1. The molecule has 0 radical (unpaired) electrons. The number of rotatable bonds is 4. The van der Waals surface area contributed by atoms with Crippen LogP contribution in [0.3, 0.4) is 0 Å². The predicted octanol–water partition coefficient (Wildman–Crippen LogP) is 0.381. The molecule has 0 amide bonds. The van der Waals surface area contributed by atoms with E-state index < -0.39 is 10.0 Å². The minimum Gasteiger partial charge on any atom is -0.299 e. The van der Waals surface area contributed by atoms with Gasteiger partial charge in [-0.2, -0.15) is 0 Å². The van der Waals surface area contributed by atoms with Crippen molar-refractivity contribution in [1.29, 1.82) is 0 Å². The van der Waals surface area contributed by atoms with E-state index in [1.807, 2.05) is 0 Å². The lowest BCUT2D eigenvalue weighted by Crippen LogP contribution is -2.43. The maximum atomic E-state index is 11.6. The maximum absolute atomic E-state index is 11.6. The minimum absolute atomic E-state index is 0.0256. The Morgan fingerprint density at radius 2 is 2.13 bits per heavy atom. The number of nitrogens with one attached hydrogen (secondary N) is 1.